The second-order valence-corrected chi connectivity index (χ2v) is 3.65. The average molecular weight is 251 g/mol. The molecule has 1 heterocycles. The summed E-state index contributed by atoms with van der Waals surface area (Å²) in [6, 6.07) is 0. The minimum absolute atomic E-state index is 0.137. The van der Waals surface area contributed by atoms with Crippen molar-refractivity contribution in [1.82, 2.24) is 15.1 Å². The number of alkyl halides is 3. The summed E-state index contributed by atoms with van der Waals surface area (Å²) in [5, 5.41) is 6.95. The second kappa shape index (κ2) is 6.61. The number of nitrogens with one attached hydrogen (secondary N) is 1. The predicted molar refractivity (Wildman–Crippen MR) is 56.5 cm³/mol. The number of aryl methyl sites for hydroxylation is 1. The van der Waals surface area contributed by atoms with Crippen LogP contribution in [0.2, 0.25) is 0 Å². The van der Waals surface area contributed by atoms with E-state index in [2.05, 4.69) is 10.4 Å². The van der Waals surface area contributed by atoms with Crippen molar-refractivity contribution in [2.24, 2.45) is 0 Å². The Balaban J connectivity index is 2.28. The molecule has 1 aromatic rings. The van der Waals surface area contributed by atoms with E-state index in [4.69, 9.17) is 4.74 Å². The van der Waals surface area contributed by atoms with Crippen molar-refractivity contribution in [2.45, 2.75) is 25.7 Å². The van der Waals surface area contributed by atoms with Crippen LogP contribution in [-0.2, 0) is 17.8 Å². The Hall–Kier alpha value is -1.08. The zero-order valence-electron chi connectivity index (χ0n) is 9.63. The van der Waals surface area contributed by atoms with E-state index in [1.807, 2.05) is 0 Å². The minimum Gasteiger partial charge on any atom is -0.383 e. The number of hydrogen-bond donors (Lipinski definition) is 1. The molecule has 0 spiro atoms. The van der Waals surface area contributed by atoms with E-state index in [1.165, 1.54) is 4.68 Å². The van der Waals surface area contributed by atoms with E-state index in [0.29, 0.717) is 19.7 Å². The van der Waals surface area contributed by atoms with Gasteiger partial charge in [0.15, 0.2) is 0 Å². The molecule has 1 aromatic heterocycles. The van der Waals surface area contributed by atoms with E-state index >= 15 is 0 Å². The van der Waals surface area contributed by atoms with Gasteiger partial charge in [-0.15, -0.1) is 0 Å². The topological polar surface area (TPSA) is 39.1 Å². The quantitative estimate of drug-likeness (QED) is 0.748. The lowest BCUT2D eigenvalue weighted by atomic mass is 10.3. The molecule has 1 N–H and O–H groups in total. The molecule has 0 unspecified atom stereocenters. The van der Waals surface area contributed by atoms with E-state index in [-0.39, 0.29) is 6.54 Å². The smallest absolute Gasteiger partial charge is 0.383 e. The number of hydrogen-bond acceptors (Lipinski definition) is 3. The highest BCUT2D eigenvalue weighted by atomic mass is 19.4. The fraction of sp³-hybridized carbons (Fsp3) is 0.700. The molecule has 98 valence electrons. The molecule has 17 heavy (non-hydrogen) atoms. The van der Waals surface area contributed by atoms with Crippen molar-refractivity contribution >= 4 is 0 Å². The molecule has 0 aliphatic rings. The van der Waals surface area contributed by atoms with Gasteiger partial charge in [0, 0.05) is 38.5 Å². The molecular formula is C10H16F3N3O. The summed E-state index contributed by atoms with van der Waals surface area (Å²) < 4.78 is 42.1. The van der Waals surface area contributed by atoms with Gasteiger partial charge in [-0.3, -0.25) is 4.68 Å². The number of methoxy groups -OCH3 is 1. The summed E-state index contributed by atoms with van der Waals surface area (Å²) in [5.41, 5.74) is 0.864. The molecule has 0 atom stereocenters. The molecule has 1 rings (SSSR count). The predicted octanol–water partition coefficient (Wildman–Crippen LogP) is 1.57. The minimum atomic E-state index is -4.14. The van der Waals surface area contributed by atoms with Crippen molar-refractivity contribution in [1.29, 1.82) is 0 Å². The first kappa shape index (κ1) is 14.0. The van der Waals surface area contributed by atoms with E-state index < -0.39 is 12.6 Å². The first-order chi connectivity index (χ1) is 8.01. The standard InChI is InChI=1S/C10H16F3N3O/c1-17-5-3-14-6-9-7-15-16(8-9)4-2-10(11,12)13/h7-8,14H,2-6H2,1H3. The lowest BCUT2D eigenvalue weighted by molar-refractivity contribution is -0.137. The molecule has 0 aliphatic heterocycles. The first-order valence-corrected chi connectivity index (χ1v) is 5.29. The van der Waals surface area contributed by atoms with Gasteiger partial charge in [-0.05, 0) is 0 Å². The highest BCUT2D eigenvalue weighted by Crippen LogP contribution is 2.19. The third kappa shape index (κ3) is 6.28. The monoisotopic (exact) mass is 251 g/mol. The van der Waals surface area contributed by atoms with Gasteiger partial charge in [0.25, 0.3) is 0 Å². The molecule has 0 aliphatic carbocycles. The fourth-order valence-corrected chi connectivity index (χ4v) is 1.27. The van der Waals surface area contributed by atoms with Crippen molar-refractivity contribution in [3.05, 3.63) is 18.0 Å². The van der Waals surface area contributed by atoms with Crippen LogP contribution < -0.4 is 5.32 Å². The van der Waals surface area contributed by atoms with Gasteiger partial charge < -0.3 is 10.1 Å². The number of ether oxygens (including phenoxy) is 1. The lowest BCUT2D eigenvalue weighted by Gasteiger charge is -2.05. The van der Waals surface area contributed by atoms with Crippen molar-refractivity contribution < 1.29 is 17.9 Å². The second-order valence-electron chi connectivity index (χ2n) is 3.65. The maximum atomic E-state index is 12.0. The Morgan fingerprint density at radius 2 is 2.24 bits per heavy atom. The summed E-state index contributed by atoms with van der Waals surface area (Å²) in [7, 11) is 1.61. The number of aromatic nitrogens is 2. The number of nitrogens with zero attached hydrogens (tertiary/aromatic N) is 2. The Morgan fingerprint density at radius 1 is 1.47 bits per heavy atom. The van der Waals surface area contributed by atoms with Crippen LogP contribution in [0.1, 0.15) is 12.0 Å². The largest absolute Gasteiger partial charge is 0.390 e. The van der Waals surface area contributed by atoms with Crippen LogP contribution in [0.4, 0.5) is 13.2 Å². The Kier molecular flexibility index (Phi) is 5.43. The molecule has 0 aromatic carbocycles. The van der Waals surface area contributed by atoms with Crippen LogP contribution in [0.25, 0.3) is 0 Å². The molecule has 4 nitrogen and oxygen atoms in total. The van der Waals surface area contributed by atoms with E-state index in [9.17, 15) is 13.2 Å². The van der Waals surface area contributed by atoms with Crippen molar-refractivity contribution in [3.8, 4) is 0 Å². The molecule has 0 fully saturated rings. The molecular weight excluding hydrogens is 235 g/mol. The molecule has 0 radical (unpaired) electrons. The summed E-state index contributed by atoms with van der Waals surface area (Å²) in [4.78, 5) is 0. The highest BCUT2D eigenvalue weighted by molar-refractivity contribution is 5.03. The van der Waals surface area contributed by atoms with Crippen LogP contribution in [0.15, 0.2) is 12.4 Å². The van der Waals surface area contributed by atoms with Gasteiger partial charge in [-0.1, -0.05) is 0 Å². The highest BCUT2D eigenvalue weighted by Gasteiger charge is 2.26. The first-order valence-electron chi connectivity index (χ1n) is 5.29. The van der Waals surface area contributed by atoms with Crippen LogP contribution in [0.3, 0.4) is 0 Å². The van der Waals surface area contributed by atoms with Gasteiger partial charge >= 0.3 is 6.18 Å². The maximum absolute atomic E-state index is 12.0. The van der Waals surface area contributed by atoms with Crippen LogP contribution in [0, 0.1) is 0 Å². The van der Waals surface area contributed by atoms with Gasteiger partial charge in [0.05, 0.1) is 19.2 Å². The Morgan fingerprint density at radius 3 is 2.88 bits per heavy atom. The van der Waals surface area contributed by atoms with Crippen LogP contribution in [-0.4, -0.2) is 36.2 Å². The molecule has 0 saturated carbocycles. The normalized spacial score (nSPS) is 12.0. The zero-order chi connectivity index (χ0) is 12.7. The third-order valence-corrected chi connectivity index (χ3v) is 2.12. The Labute approximate surface area is 97.8 Å². The number of halogens is 3. The fourth-order valence-electron chi connectivity index (χ4n) is 1.27. The molecule has 7 heteroatoms. The summed E-state index contributed by atoms with van der Waals surface area (Å²) >= 11 is 0. The Bertz CT molecular complexity index is 325. The zero-order valence-corrected chi connectivity index (χ0v) is 9.63. The van der Waals surface area contributed by atoms with Crippen molar-refractivity contribution in [2.75, 3.05) is 20.3 Å². The van der Waals surface area contributed by atoms with Gasteiger partial charge in [0.2, 0.25) is 0 Å². The molecule has 0 bridgehead atoms. The van der Waals surface area contributed by atoms with Crippen LogP contribution >= 0.6 is 0 Å². The third-order valence-electron chi connectivity index (χ3n) is 2.12. The average Bonchev–Trinajstić information content (AvgIpc) is 2.69. The molecule has 0 amide bonds. The van der Waals surface area contributed by atoms with E-state index in [1.54, 1.807) is 19.5 Å². The maximum Gasteiger partial charge on any atom is 0.390 e. The number of rotatable bonds is 7. The summed E-state index contributed by atoms with van der Waals surface area (Å²) in [6.45, 7) is 1.74. The summed E-state index contributed by atoms with van der Waals surface area (Å²) in [6.07, 6.45) is -1.81. The van der Waals surface area contributed by atoms with Gasteiger partial charge in [-0.2, -0.15) is 18.3 Å². The summed E-state index contributed by atoms with van der Waals surface area (Å²) in [5.74, 6) is 0. The van der Waals surface area contributed by atoms with Crippen LogP contribution in [0.5, 0.6) is 0 Å². The van der Waals surface area contributed by atoms with Gasteiger partial charge in [0.1, 0.15) is 0 Å². The van der Waals surface area contributed by atoms with Gasteiger partial charge in [-0.25, -0.2) is 0 Å². The SMILES string of the molecule is COCCNCc1cnn(CCC(F)(F)F)c1. The van der Waals surface area contributed by atoms with Crippen molar-refractivity contribution in [3.63, 3.8) is 0 Å². The lowest BCUT2D eigenvalue weighted by Crippen LogP contribution is -2.18. The van der Waals surface area contributed by atoms with E-state index in [0.717, 1.165) is 5.56 Å². The molecule has 0 saturated heterocycles.